The predicted molar refractivity (Wildman–Crippen MR) is 139 cm³/mol. The number of aromatic nitrogens is 3. The predicted octanol–water partition coefficient (Wildman–Crippen LogP) is 6.02. The van der Waals surface area contributed by atoms with E-state index in [1.54, 1.807) is 35.7 Å². The Morgan fingerprint density at radius 2 is 1.89 bits per heavy atom. The Hall–Kier alpha value is -2.62. The first-order valence-electron chi connectivity index (χ1n) is 11.8. The number of thiazole rings is 1. The number of aromatic amines is 1. The summed E-state index contributed by atoms with van der Waals surface area (Å²) in [6.45, 7) is 9.22. The summed E-state index contributed by atoms with van der Waals surface area (Å²) in [7, 11) is -3.58. The number of hydrogen-bond donors (Lipinski definition) is 1. The lowest BCUT2D eigenvalue weighted by Gasteiger charge is -2.16. The molecule has 1 aliphatic heterocycles. The third-order valence-electron chi connectivity index (χ3n) is 6.31. The summed E-state index contributed by atoms with van der Waals surface area (Å²) in [5.74, 6) is -0.882. The molecule has 0 amide bonds. The van der Waals surface area contributed by atoms with Crippen molar-refractivity contribution < 1.29 is 12.8 Å². The molecule has 6 nitrogen and oxygen atoms in total. The molecule has 1 fully saturated rings. The molecule has 3 aromatic heterocycles. The van der Waals surface area contributed by atoms with Crippen molar-refractivity contribution in [2.45, 2.75) is 51.7 Å². The molecule has 4 heterocycles. The Morgan fingerprint density at radius 3 is 2.60 bits per heavy atom. The van der Waals surface area contributed by atoms with Crippen molar-refractivity contribution in [3.05, 3.63) is 58.6 Å². The third kappa shape index (κ3) is 4.52. The van der Waals surface area contributed by atoms with Gasteiger partial charge >= 0.3 is 0 Å². The van der Waals surface area contributed by atoms with Gasteiger partial charge in [-0.25, -0.2) is 27.1 Å². The van der Waals surface area contributed by atoms with Gasteiger partial charge in [0.1, 0.15) is 11.5 Å². The third-order valence-corrected chi connectivity index (χ3v) is 9.65. The summed E-state index contributed by atoms with van der Waals surface area (Å²) >= 11 is 1.54. The summed E-state index contributed by atoms with van der Waals surface area (Å²) in [5.41, 5.74) is 3.47. The number of aryl methyl sites for hydroxylation is 1. The van der Waals surface area contributed by atoms with E-state index in [9.17, 15) is 8.42 Å². The molecule has 1 aromatic carbocycles. The Morgan fingerprint density at radius 1 is 1.14 bits per heavy atom. The first-order chi connectivity index (χ1) is 16.5. The van der Waals surface area contributed by atoms with Gasteiger partial charge in [-0.3, -0.25) is 0 Å². The molecule has 0 bridgehead atoms. The van der Waals surface area contributed by atoms with E-state index in [2.05, 4.69) is 30.7 Å². The van der Waals surface area contributed by atoms with E-state index in [-0.39, 0.29) is 16.7 Å². The topological polar surface area (TPSA) is 79.0 Å². The van der Waals surface area contributed by atoms with Crippen LogP contribution in [0.5, 0.6) is 0 Å². The second kappa shape index (κ2) is 8.80. The maximum atomic E-state index is 16.0. The number of halogens is 1. The standard InChI is InChI=1S/C26H29FN4O2S2/c1-16-14-20-18(10-11-28-24(20)29-16)23-22(30-25(34-23)26(2,3)4)19-9-7-8-17(21(19)27)15-35(32,33)31-12-5-6-13-31/h7-11,14H,5-6,12-13,15H2,1-4H3,(H,28,29). The highest BCUT2D eigenvalue weighted by molar-refractivity contribution is 7.88. The van der Waals surface area contributed by atoms with Crippen LogP contribution < -0.4 is 0 Å². The molecule has 1 aliphatic rings. The van der Waals surface area contributed by atoms with Crippen LogP contribution in [-0.2, 0) is 21.2 Å². The minimum atomic E-state index is -3.58. The molecule has 0 spiro atoms. The minimum absolute atomic E-state index is 0.169. The van der Waals surface area contributed by atoms with Crippen LogP contribution in [-0.4, -0.2) is 40.8 Å². The van der Waals surface area contributed by atoms with E-state index in [1.807, 2.05) is 19.1 Å². The maximum absolute atomic E-state index is 16.0. The van der Waals surface area contributed by atoms with Crippen molar-refractivity contribution in [3.63, 3.8) is 0 Å². The van der Waals surface area contributed by atoms with Gasteiger partial charge in [0.2, 0.25) is 10.0 Å². The van der Waals surface area contributed by atoms with E-state index >= 15 is 4.39 Å². The average molecular weight is 513 g/mol. The SMILES string of the molecule is Cc1cc2c(-c3sc(C(C)(C)C)nc3-c3cccc(CS(=O)(=O)N4CCCC4)c3F)ccnc2[nH]1. The molecule has 0 aliphatic carbocycles. The number of pyridine rings is 1. The number of rotatable bonds is 5. The zero-order valence-corrected chi connectivity index (χ0v) is 22.0. The molecular formula is C26H29FN4O2S2. The lowest BCUT2D eigenvalue weighted by Crippen LogP contribution is -2.29. The first-order valence-corrected chi connectivity index (χ1v) is 14.2. The summed E-state index contributed by atoms with van der Waals surface area (Å²) in [6, 6.07) is 8.93. The molecule has 4 aromatic rings. The van der Waals surface area contributed by atoms with Crippen molar-refractivity contribution >= 4 is 32.4 Å². The van der Waals surface area contributed by atoms with E-state index < -0.39 is 15.8 Å². The van der Waals surface area contributed by atoms with Gasteiger partial charge in [-0.1, -0.05) is 32.9 Å². The van der Waals surface area contributed by atoms with Gasteiger partial charge in [-0.05, 0) is 38.0 Å². The van der Waals surface area contributed by atoms with Gasteiger partial charge in [-0.15, -0.1) is 11.3 Å². The number of nitrogens with one attached hydrogen (secondary N) is 1. The molecule has 1 N–H and O–H groups in total. The van der Waals surface area contributed by atoms with Crippen molar-refractivity contribution in [1.29, 1.82) is 0 Å². The van der Waals surface area contributed by atoms with Crippen LogP contribution in [0.15, 0.2) is 36.5 Å². The molecule has 0 radical (unpaired) electrons. The fourth-order valence-electron chi connectivity index (χ4n) is 4.49. The normalized spacial score (nSPS) is 15.3. The quantitative estimate of drug-likeness (QED) is 0.354. The second-order valence-corrected chi connectivity index (χ2v) is 13.1. The van der Waals surface area contributed by atoms with Gasteiger partial charge in [0, 0.05) is 52.5 Å². The van der Waals surface area contributed by atoms with Crippen LogP contribution in [0.2, 0.25) is 0 Å². The highest BCUT2D eigenvalue weighted by Crippen LogP contribution is 2.44. The summed E-state index contributed by atoms with van der Waals surface area (Å²) in [6.07, 6.45) is 3.43. The highest BCUT2D eigenvalue weighted by atomic mass is 32.2. The van der Waals surface area contributed by atoms with E-state index in [0.29, 0.717) is 24.3 Å². The van der Waals surface area contributed by atoms with Gasteiger partial charge < -0.3 is 4.98 Å². The van der Waals surface area contributed by atoms with Crippen molar-refractivity contribution in [1.82, 2.24) is 19.3 Å². The average Bonchev–Trinajstić information content (AvgIpc) is 3.53. The van der Waals surface area contributed by atoms with Crippen LogP contribution in [0.3, 0.4) is 0 Å². The zero-order chi connectivity index (χ0) is 25.0. The first kappa shape index (κ1) is 24.1. The monoisotopic (exact) mass is 512 g/mol. The molecular weight excluding hydrogens is 483 g/mol. The minimum Gasteiger partial charge on any atom is -0.344 e. The fourth-order valence-corrected chi connectivity index (χ4v) is 7.28. The molecule has 0 unspecified atom stereocenters. The van der Waals surface area contributed by atoms with Gasteiger partial charge in [0.15, 0.2) is 0 Å². The number of fused-ring (bicyclic) bond motifs is 1. The molecule has 1 saturated heterocycles. The summed E-state index contributed by atoms with van der Waals surface area (Å²) in [5, 5.41) is 1.83. The zero-order valence-electron chi connectivity index (χ0n) is 20.4. The maximum Gasteiger partial charge on any atom is 0.218 e. The van der Waals surface area contributed by atoms with Crippen LogP contribution in [0.1, 0.15) is 49.9 Å². The summed E-state index contributed by atoms with van der Waals surface area (Å²) < 4.78 is 43.2. The molecule has 0 atom stereocenters. The molecule has 0 saturated carbocycles. The van der Waals surface area contributed by atoms with Crippen molar-refractivity contribution in [2.75, 3.05) is 13.1 Å². The Labute approximate surface area is 209 Å². The second-order valence-electron chi connectivity index (χ2n) is 10.2. The molecule has 184 valence electrons. The van der Waals surface area contributed by atoms with Crippen molar-refractivity contribution in [2.24, 2.45) is 0 Å². The van der Waals surface area contributed by atoms with Crippen molar-refractivity contribution in [3.8, 4) is 21.7 Å². The Kier molecular flexibility index (Phi) is 6.05. The number of sulfonamides is 1. The lowest BCUT2D eigenvalue weighted by molar-refractivity contribution is 0.475. The number of nitrogens with zero attached hydrogens (tertiary/aromatic N) is 3. The Balaban J connectivity index is 1.66. The fraction of sp³-hybridized carbons (Fsp3) is 0.385. The highest BCUT2D eigenvalue weighted by Gasteiger charge is 2.29. The van der Waals surface area contributed by atoms with E-state index in [1.165, 1.54) is 4.31 Å². The largest absolute Gasteiger partial charge is 0.344 e. The molecule has 5 rings (SSSR count). The van der Waals surface area contributed by atoms with Crippen LogP contribution in [0.4, 0.5) is 4.39 Å². The van der Waals surface area contributed by atoms with E-state index in [4.69, 9.17) is 4.98 Å². The number of H-pyrrole nitrogens is 1. The number of benzene rings is 1. The molecule has 35 heavy (non-hydrogen) atoms. The molecule has 9 heteroatoms. The van der Waals surface area contributed by atoms with Crippen LogP contribution in [0.25, 0.3) is 32.7 Å². The van der Waals surface area contributed by atoms with Gasteiger partial charge in [0.05, 0.1) is 21.3 Å². The summed E-state index contributed by atoms with van der Waals surface area (Å²) in [4.78, 5) is 13.5. The van der Waals surface area contributed by atoms with E-state index in [0.717, 1.165) is 45.0 Å². The Bertz CT molecular complexity index is 1510. The van der Waals surface area contributed by atoms with Gasteiger partial charge in [0.25, 0.3) is 0 Å². The van der Waals surface area contributed by atoms with Crippen LogP contribution >= 0.6 is 11.3 Å². The van der Waals surface area contributed by atoms with Crippen LogP contribution in [0, 0.1) is 12.7 Å². The lowest BCUT2D eigenvalue weighted by atomic mass is 9.98. The number of hydrogen-bond acceptors (Lipinski definition) is 5. The smallest absolute Gasteiger partial charge is 0.218 e. The van der Waals surface area contributed by atoms with Gasteiger partial charge in [-0.2, -0.15) is 0 Å².